The summed E-state index contributed by atoms with van der Waals surface area (Å²) in [7, 11) is 0. The van der Waals surface area contributed by atoms with Gasteiger partial charge in [-0.25, -0.2) is 9.50 Å². The van der Waals surface area contributed by atoms with Crippen LogP contribution in [0.5, 0.6) is 0 Å². The van der Waals surface area contributed by atoms with Crippen molar-refractivity contribution in [1.82, 2.24) is 29.7 Å². The van der Waals surface area contributed by atoms with Crippen LogP contribution in [0.25, 0.3) is 5.65 Å². The number of nitrogens with zero attached hydrogens (tertiary/aromatic N) is 5. The number of fused-ring (bicyclic) bond motifs is 1. The van der Waals surface area contributed by atoms with Crippen LogP contribution in [-0.2, 0) is 19.0 Å². The van der Waals surface area contributed by atoms with E-state index < -0.39 is 23.7 Å². The first-order valence-electron chi connectivity index (χ1n) is 8.15. The van der Waals surface area contributed by atoms with E-state index in [2.05, 4.69) is 20.5 Å². The van der Waals surface area contributed by atoms with Gasteiger partial charge in [0.15, 0.2) is 11.3 Å². The molecule has 3 aromatic heterocycles. The largest absolute Gasteiger partial charge is 0.459 e. The second kappa shape index (κ2) is 6.84. The molecule has 0 spiro atoms. The summed E-state index contributed by atoms with van der Waals surface area (Å²) in [5.41, 5.74) is -1.41. The number of aryl methyl sites for hydroxylation is 2. The second-order valence-electron chi connectivity index (χ2n) is 6.04. The predicted octanol–water partition coefficient (Wildman–Crippen LogP) is 2.84. The van der Waals surface area contributed by atoms with Gasteiger partial charge in [0.1, 0.15) is 5.69 Å². The van der Waals surface area contributed by atoms with Crippen LogP contribution in [0, 0.1) is 6.92 Å². The summed E-state index contributed by atoms with van der Waals surface area (Å²) in [5.74, 6) is -5.90. The monoisotopic (exact) mass is 402 g/mol. The maximum absolute atomic E-state index is 13.9. The van der Waals surface area contributed by atoms with Crippen LogP contribution in [0.3, 0.4) is 0 Å². The molecule has 0 bridgehead atoms. The predicted molar refractivity (Wildman–Crippen MR) is 86.7 cm³/mol. The number of aromatic nitrogens is 5. The third-order valence-corrected chi connectivity index (χ3v) is 3.93. The molecule has 1 amide bonds. The van der Waals surface area contributed by atoms with Crippen molar-refractivity contribution in [3.05, 3.63) is 47.2 Å². The number of carbonyl (C=O) groups is 1. The Balaban J connectivity index is 1.91. The van der Waals surface area contributed by atoms with E-state index in [1.165, 1.54) is 6.92 Å². The molecule has 0 aliphatic rings. The summed E-state index contributed by atoms with van der Waals surface area (Å²) in [6.45, 7) is 3.88. The summed E-state index contributed by atoms with van der Waals surface area (Å²) >= 11 is 0. The van der Waals surface area contributed by atoms with Crippen molar-refractivity contribution in [2.45, 2.75) is 39.0 Å². The van der Waals surface area contributed by atoms with Crippen molar-refractivity contribution in [3.8, 4) is 0 Å². The molecule has 0 aromatic carbocycles. The zero-order chi connectivity index (χ0) is 20.7. The Hall–Kier alpha value is -3.05. The fraction of sp³-hybridized carbons (Fsp3) is 0.375. The Bertz CT molecular complexity index is 1020. The Kier molecular flexibility index (Phi) is 4.81. The van der Waals surface area contributed by atoms with Crippen molar-refractivity contribution in [3.63, 3.8) is 0 Å². The lowest BCUT2D eigenvalue weighted by Gasteiger charge is -2.20. The highest BCUT2D eigenvalue weighted by Crippen LogP contribution is 2.43. The molecule has 7 nitrogen and oxygen atoms in total. The summed E-state index contributed by atoms with van der Waals surface area (Å²) in [6.07, 6.45) is -2.57. The second-order valence-corrected chi connectivity index (χ2v) is 6.04. The van der Waals surface area contributed by atoms with Gasteiger partial charge in [0.25, 0.3) is 5.91 Å². The fourth-order valence-electron chi connectivity index (χ4n) is 2.52. The van der Waals surface area contributed by atoms with Gasteiger partial charge in [0, 0.05) is 36.6 Å². The summed E-state index contributed by atoms with van der Waals surface area (Å²) < 4.78 is 68.1. The highest BCUT2D eigenvalue weighted by atomic mass is 19.4. The summed E-state index contributed by atoms with van der Waals surface area (Å²) in [6, 6.07) is 1.64. The number of hydrogen-bond donors (Lipinski definition) is 1. The van der Waals surface area contributed by atoms with Gasteiger partial charge in [-0.1, -0.05) is 0 Å². The first-order valence-corrected chi connectivity index (χ1v) is 8.15. The number of carbonyl (C=O) groups excluding carboxylic acids is 1. The molecule has 3 rings (SSSR count). The molecule has 0 aliphatic heterocycles. The van der Waals surface area contributed by atoms with Gasteiger partial charge < -0.3 is 5.32 Å². The summed E-state index contributed by atoms with van der Waals surface area (Å²) in [4.78, 5) is 16.1. The quantitative estimate of drug-likeness (QED) is 0.666. The van der Waals surface area contributed by atoms with E-state index in [0.29, 0.717) is 22.7 Å². The van der Waals surface area contributed by atoms with Crippen molar-refractivity contribution < 1.29 is 26.7 Å². The number of halogens is 5. The van der Waals surface area contributed by atoms with Crippen LogP contribution in [0.15, 0.2) is 24.5 Å². The lowest BCUT2D eigenvalue weighted by atomic mass is 10.2. The van der Waals surface area contributed by atoms with E-state index in [0.717, 1.165) is 6.07 Å². The third-order valence-electron chi connectivity index (χ3n) is 3.93. The molecule has 0 saturated heterocycles. The van der Waals surface area contributed by atoms with Crippen LogP contribution >= 0.6 is 0 Å². The molecule has 0 aliphatic carbocycles. The summed E-state index contributed by atoms with van der Waals surface area (Å²) in [5, 5.41) is 10.2. The Morgan fingerprint density at radius 3 is 2.54 bits per heavy atom. The number of nitrogens with one attached hydrogen (secondary N) is 1. The molecule has 28 heavy (non-hydrogen) atoms. The first-order chi connectivity index (χ1) is 13.0. The topological polar surface area (TPSA) is 77.1 Å². The zero-order valence-corrected chi connectivity index (χ0v) is 14.8. The lowest BCUT2D eigenvalue weighted by molar-refractivity contribution is -0.291. The van der Waals surface area contributed by atoms with E-state index in [-0.39, 0.29) is 23.6 Å². The maximum atomic E-state index is 13.9. The minimum atomic E-state index is -5.82. The molecule has 0 atom stereocenters. The molecule has 0 radical (unpaired) electrons. The average Bonchev–Trinajstić information content (AvgIpc) is 3.24. The molecule has 0 saturated carbocycles. The van der Waals surface area contributed by atoms with Gasteiger partial charge in [0.2, 0.25) is 0 Å². The number of rotatable bonds is 5. The molecule has 12 heteroatoms. The molecule has 3 aromatic rings. The van der Waals surface area contributed by atoms with Crippen LogP contribution in [0.4, 0.5) is 22.0 Å². The minimum absolute atomic E-state index is 0.0646. The van der Waals surface area contributed by atoms with Gasteiger partial charge in [-0.2, -0.15) is 32.1 Å². The number of amides is 1. The van der Waals surface area contributed by atoms with Gasteiger partial charge in [0.05, 0.1) is 6.20 Å². The third kappa shape index (κ3) is 3.53. The van der Waals surface area contributed by atoms with Crippen molar-refractivity contribution in [2.75, 3.05) is 0 Å². The average molecular weight is 402 g/mol. The highest BCUT2D eigenvalue weighted by Gasteiger charge is 2.60. The van der Waals surface area contributed by atoms with Gasteiger partial charge in [-0.3, -0.25) is 9.48 Å². The Morgan fingerprint density at radius 1 is 1.21 bits per heavy atom. The van der Waals surface area contributed by atoms with Crippen LogP contribution in [-0.4, -0.2) is 36.5 Å². The Labute approximate surface area is 155 Å². The molecule has 0 fully saturated rings. The number of hydrogen-bond acceptors (Lipinski definition) is 4. The van der Waals surface area contributed by atoms with Gasteiger partial charge in [-0.05, 0) is 19.9 Å². The highest BCUT2D eigenvalue weighted by molar-refractivity contribution is 5.93. The maximum Gasteiger partial charge on any atom is 0.459 e. The van der Waals surface area contributed by atoms with Crippen molar-refractivity contribution >= 4 is 11.6 Å². The van der Waals surface area contributed by atoms with E-state index in [4.69, 9.17) is 0 Å². The molecule has 1 N–H and O–H groups in total. The van der Waals surface area contributed by atoms with E-state index in [1.54, 1.807) is 17.1 Å². The van der Waals surface area contributed by atoms with E-state index in [9.17, 15) is 26.7 Å². The van der Waals surface area contributed by atoms with Crippen LogP contribution in [0.2, 0.25) is 0 Å². The lowest BCUT2D eigenvalue weighted by Crippen LogP contribution is -2.36. The fourth-order valence-corrected chi connectivity index (χ4v) is 2.52. The van der Waals surface area contributed by atoms with E-state index in [1.807, 2.05) is 6.92 Å². The van der Waals surface area contributed by atoms with Crippen molar-refractivity contribution in [2.24, 2.45) is 0 Å². The zero-order valence-electron chi connectivity index (χ0n) is 14.8. The SMILES string of the molecule is CCn1cc(CNC(=O)c2cc3nc(C)cc(C(F)(F)C(F)(F)F)n3n2)cn1. The minimum Gasteiger partial charge on any atom is -0.346 e. The molecule has 150 valence electrons. The molecular formula is C16H15F5N6O. The van der Waals surface area contributed by atoms with Gasteiger partial charge >= 0.3 is 12.1 Å². The standard InChI is InChI=1S/C16H15F5N6O/c1-3-26-8-10(7-23-26)6-22-14(28)11-5-13-24-9(2)4-12(27(13)25-11)15(17,18)16(19,20)21/h4-5,7-8H,3,6H2,1-2H3,(H,22,28). The number of alkyl halides is 5. The molecular weight excluding hydrogens is 387 g/mol. The Morgan fingerprint density at radius 2 is 1.93 bits per heavy atom. The van der Waals surface area contributed by atoms with E-state index >= 15 is 0 Å². The van der Waals surface area contributed by atoms with Crippen molar-refractivity contribution in [1.29, 1.82) is 0 Å². The van der Waals surface area contributed by atoms with Crippen LogP contribution in [0.1, 0.15) is 34.4 Å². The normalized spacial score (nSPS) is 12.5. The molecule has 0 unspecified atom stereocenters. The molecule has 3 heterocycles. The smallest absolute Gasteiger partial charge is 0.346 e. The first kappa shape index (κ1) is 19.7. The van der Waals surface area contributed by atoms with Crippen LogP contribution < -0.4 is 5.32 Å². The van der Waals surface area contributed by atoms with Gasteiger partial charge in [-0.15, -0.1) is 0 Å².